The number of hydrogen-bond acceptors (Lipinski definition) is 3. The van der Waals surface area contributed by atoms with Crippen LogP contribution in [-0.2, 0) is 4.74 Å². The molecule has 3 nitrogen and oxygen atoms in total. The largest absolute Gasteiger partial charge is 0.377 e. The van der Waals surface area contributed by atoms with E-state index >= 15 is 0 Å². The molecular weight excluding hydrogens is 272 g/mol. The maximum atomic E-state index is 5.36. The van der Waals surface area contributed by atoms with Crippen molar-refractivity contribution < 1.29 is 4.74 Å². The van der Waals surface area contributed by atoms with Crippen LogP contribution in [0.25, 0.3) is 0 Å². The fourth-order valence-corrected chi connectivity index (χ4v) is 2.80. The number of pyridine rings is 1. The minimum atomic E-state index is 0.213. The van der Waals surface area contributed by atoms with Crippen LogP contribution >= 0.6 is 0 Å². The summed E-state index contributed by atoms with van der Waals surface area (Å²) in [5.41, 5.74) is 4.04. The third-order valence-electron chi connectivity index (χ3n) is 4.02. The standard InChI is InChI=1S/C19H22N2O/c1-2-4-17(5-3-1)19(18-7-11-20-12-8-18)21-13-6-16-9-14-22-15-10-16/h1-5,7-9,11-12,19,21H,6,10,13-15H2/t19-/m0/s1. The Bertz CT molecular complexity index is 556. The zero-order valence-electron chi connectivity index (χ0n) is 12.7. The molecule has 0 saturated heterocycles. The van der Waals surface area contributed by atoms with Gasteiger partial charge in [0.15, 0.2) is 0 Å². The molecule has 114 valence electrons. The van der Waals surface area contributed by atoms with E-state index in [0.717, 1.165) is 32.6 Å². The molecular formula is C19H22N2O. The highest BCUT2D eigenvalue weighted by atomic mass is 16.5. The molecule has 1 aromatic carbocycles. The molecule has 2 aromatic rings. The second-order valence-corrected chi connectivity index (χ2v) is 5.52. The lowest BCUT2D eigenvalue weighted by atomic mass is 9.99. The normalized spacial score (nSPS) is 16.1. The summed E-state index contributed by atoms with van der Waals surface area (Å²) in [6.45, 7) is 2.59. The fraction of sp³-hybridized carbons (Fsp3) is 0.316. The highest BCUT2D eigenvalue weighted by molar-refractivity contribution is 5.30. The zero-order valence-corrected chi connectivity index (χ0v) is 12.7. The lowest BCUT2D eigenvalue weighted by Gasteiger charge is -2.21. The van der Waals surface area contributed by atoms with Crippen molar-refractivity contribution in [3.8, 4) is 0 Å². The molecule has 1 atom stereocenters. The molecule has 1 aromatic heterocycles. The van der Waals surface area contributed by atoms with Crippen LogP contribution in [0, 0.1) is 0 Å². The van der Waals surface area contributed by atoms with E-state index in [4.69, 9.17) is 4.74 Å². The van der Waals surface area contributed by atoms with Crippen molar-refractivity contribution in [2.75, 3.05) is 19.8 Å². The summed E-state index contributed by atoms with van der Waals surface area (Å²) in [7, 11) is 0. The van der Waals surface area contributed by atoms with Crippen LogP contribution in [0.2, 0.25) is 0 Å². The number of aromatic nitrogens is 1. The average Bonchev–Trinajstić information content (AvgIpc) is 2.61. The molecule has 0 aliphatic carbocycles. The lowest BCUT2D eigenvalue weighted by Crippen LogP contribution is -2.24. The second-order valence-electron chi connectivity index (χ2n) is 5.52. The number of rotatable bonds is 6. The fourth-order valence-electron chi connectivity index (χ4n) is 2.80. The quantitative estimate of drug-likeness (QED) is 0.828. The minimum Gasteiger partial charge on any atom is -0.377 e. The highest BCUT2D eigenvalue weighted by Gasteiger charge is 2.13. The van der Waals surface area contributed by atoms with Gasteiger partial charge >= 0.3 is 0 Å². The molecule has 1 aliphatic rings. The average molecular weight is 294 g/mol. The van der Waals surface area contributed by atoms with Crippen molar-refractivity contribution in [3.05, 3.63) is 77.6 Å². The monoisotopic (exact) mass is 294 g/mol. The summed E-state index contributed by atoms with van der Waals surface area (Å²) in [6.07, 6.45) is 8.07. The van der Waals surface area contributed by atoms with Crippen molar-refractivity contribution in [2.45, 2.75) is 18.9 Å². The number of nitrogens with one attached hydrogen (secondary N) is 1. The van der Waals surface area contributed by atoms with Crippen LogP contribution in [-0.4, -0.2) is 24.7 Å². The van der Waals surface area contributed by atoms with Crippen LogP contribution in [0.15, 0.2) is 66.5 Å². The molecule has 0 fully saturated rings. The van der Waals surface area contributed by atoms with Gasteiger partial charge < -0.3 is 10.1 Å². The molecule has 2 heterocycles. The number of ether oxygens (including phenoxy) is 1. The van der Waals surface area contributed by atoms with Gasteiger partial charge in [0.25, 0.3) is 0 Å². The van der Waals surface area contributed by atoms with Crippen LogP contribution in [0.5, 0.6) is 0 Å². The molecule has 3 rings (SSSR count). The summed E-state index contributed by atoms with van der Waals surface area (Å²) in [5, 5.41) is 3.69. The number of benzene rings is 1. The van der Waals surface area contributed by atoms with Crippen LogP contribution in [0.1, 0.15) is 30.0 Å². The van der Waals surface area contributed by atoms with E-state index in [1.807, 2.05) is 12.4 Å². The van der Waals surface area contributed by atoms with Crippen molar-refractivity contribution in [2.24, 2.45) is 0 Å². The van der Waals surface area contributed by atoms with Gasteiger partial charge in [-0.1, -0.05) is 42.0 Å². The first-order valence-corrected chi connectivity index (χ1v) is 7.87. The van der Waals surface area contributed by atoms with E-state index < -0.39 is 0 Å². The van der Waals surface area contributed by atoms with E-state index in [1.54, 1.807) is 0 Å². The van der Waals surface area contributed by atoms with Crippen molar-refractivity contribution in [1.82, 2.24) is 10.3 Å². The molecule has 0 amide bonds. The van der Waals surface area contributed by atoms with Crippen LogP contribution in [0.3, 0.4) is 0 Å². The van der Waals surface area contributed by atoms with Gasteiger partial charge in [0.1, 0.15) is 0 Å². The summed E-state index contributed by atoms with van der Waals surface area (Å²) in [5.74, 6) is 0. The lowest BCUT2D eigenvalue weighted by molar-refractivity contribution is 0.153. The van der Waals surface area contributed by atoms with E-state index in [-0.39, 0.29) is 6.04 Å². The molecule has 0 unspecified atom stereocenters. The predicted octanol–water partition coefficient (Wildman–Crippen LogP) is 3.50. The Hall–Kier alpha value is -1.97. The Balaban J connectivity index is 1.68. The Kier molecular flexibility index (Phi) is 5.35. The highest BCUT2D eigenvalue weighted by Crippen LogP contribution is 2.21. The summed E-state index contributed by atoms with van der Waals surface area (Å²) in [6, 6.07) is 15.0. The molecule has 0 radical (unpaired) electrons. The SMILES string of the molecule is C1=C(CCN[C@@H](c2ccccc2)c2ccncc2)CCOC1. The van der Waals surface area contributed by atoms with E-state index in [0.29, 0.717) is 0 Å². The molecule has 0 spiro atoms. The summed E-state index contributed by atoms with van der Waals surface area (Å²) in [4.78, 5) is 4.12. The first-order chi connectivity index (χ1) is 10.9. The number of hydrogen-bond donors (Lipinski definition) is 1. The second kappa shape index (κ2) is 7.87. The van der Waals surface area contributed by atoms with Crippen molar-refractivity contribution in [1.29, 1.82) is 0 Å². The molecule has 1 aliphatic heterocycles. The van der Waals surface area contributed by atoms with Crippen molar-refractivity contribution in [3.63, 3.8) is 0 Å². The van der Waals surface area contributed by atoms with Gasteiger partial charge in [0.2, 0.25) is 0 Å². The van der Waals surface area contributed by atoms with Crippen LogP contribution < -0.4 is 5.32 Å². The zero-order chi connectivity index (χ0) is 15.0. The van der Waals surface area contributed by atoms with Crippen molar-refractivity contribution >= 4 is 0 Å². The van der Waals surface area contributed by atoms with Gasteiger partial charge in [-0.05, 0) is 42.6 Å². The summed E-state index contributed by atoms with van der Waals surface area (Å²) >= 11 is 0. The molecule has 22 heavy (non-hydrogen) atoms. The minimum absolute atomic E-state index is 0.213. The van der Waals surface area contributed by atoms with Gasteiger partial charge in [-0.2, -0.15) is 0 Å². The first-order valence-electron chi connectivity index (χ1n) is 7.87. The van der Waals surface area contributed by atoms with Gasteiger partial charge in [0, 0.05) is 12.4 Å². The van der Waals surface area contributed by atoms with Crippen LogP contribution in [0.4, 0.5) is 0 Å². The van der Waals surface area contributed by atoms with Gasteiger partial charge in [-0.25, -0.2) is 0 Å². The van der Waals surface area contributed by atoms with Gasteiger partial charge in [0.05, 0.1) is 19.3 Å². The van der Waals surface area contributed by atoms with E-state index in [2.05, 4.69) is 58.8 Å². The predicted molar refractivity (Wildman–Crippen MR) is 88.7 cm³/mol. The molecule has 1 N–H and O–H groups in total. The maximum absolute atomic E-state index is 5.36. The third-order valence-corrected chi connectivity index (χ3v) is 4.02. The Morgan fingerprint density at radius 1 is 1.05 bits per heavy atom. The van der Waals surface area contributed by atoms with E-state index in [9.17, 15) is 0 Å². The van der Waals surface area contributed by atoms with Gasteiger partial charge in [-0.15, -0.1) is 0 Å². The first kappa shape index (κ1) is 14.9. The molecule has 0 bridgehead atoms. The third kappa shape index (κ3) is 4.03. The number of nitrogens with zero attached hydrogens (tertiary/aromatic N) is 1. The smallest absolute Gasteiger partial charge is 0.0650 e. The topological polar surface area (TPSA) is 34.2 Å². The summed E-state index contributed by atoms with van der Waals surface area (Å²) < 4.78 is 5.36. The molecule has 0 saturated carbocycles. The Labute approximate surface area is 132 Å². The molecule has 3 heteroatoms. The maximum Gasteiger partial charge on any atom is 0.0650 e. The Morgan fingerprint density at radius 2 is 1.82 bits per heavy atom. The van der Waals surface area contributed by atoms with E-state index in [1.165, 1.54) is 16.7 Å². The Morgan fingerprint density at radius 3 is 2.55 bits per heavy atom. The van der Waals surface area contributed by atoms with Gasteiger partial charge in [-0.3, -0.25) is 4.98 Å².